The lowest BCUT2D eigenvalue weighted by molar-refractivity contribution is -0.137. The molecule has 0 aliphatic rings. The van der Waals surface area contributed by atoms with E-state index in [1.165, 1.54) is 50.6 Å². The van der Waals surface area contributed by atoms with E-state index in [2.05, 4.69) is 15.5 Å². The van der Waals surface area contributed by atoms with E-state index in [-0.39, 0.29) is 12.3 Å². The number of nitrogens with one attached hydrogen (secondary N) is 1. The number of methoxy groups -OCH3 is 2. The van der Waals surface area contributed by atoms with Crippen LogP contribution in [0.2, 0.25) is 0 Å². The van der Waals surface area contributed by atoms with Crippen molar-refractivity contribution in [2.45, 2.75) is 23.6 Å². The monoisotopic (exact) mass is 546 g/mol. The summed E-state index contributed by atoms with van der Waals surface area (Å²) in [6.07, 6.45) is -4.45. The van der Waals surface area contributed by atoms with Gasteiger partial charge < -0.3 is 14.8 Å². The van der Waals surface area contributed by atoms with Crippen molar-refractivity contribution < 1.29 is 31.8 Å². The lowest BCUT2D eigenvalue weighted by atomic mass is 10.1. The number of benzene rings is 3. The third-order valence-electron chi connectivity index (χ3n) is 5.46. The molecule has 198 valence electrons. The molecule has 0 bridgehead atoms. The highest BCUT2D eigenvalue weighted by molar-refractivity contribution is 7.98. The van der Waals surface area contributed by atoms with Gasteiger partial charge in [0.05, 0.1) is 26.3 Å². The maximum absolute atomic E-state index is 13.6. The van der Waals surface area contributed by atoms with Crippen molar-refractivity contribution >= 4 is 17.7 Å². The van der Waals surface area contributed by atoms with Crippen LogP contribution in [0.15, 0.2) is 71.9 Å². The van der Waals surface area contributed by atoms with E-state index >= 15 is 0 Å². The molecule has 0 unspecified atom stereocenters. The Hall–Kier alpha value is -4.06. The number of nitrogens with zero attached hydrogens (tertiary/aromatic N) is 3. The Bertz CT molecular complexity index is 1430. The van der Waals surface area contributed by atoms with E-state index < -0.39 is 23.5 Å². The quantitative estimate of drug-likeness (QED) is 0.216. The third kappa shape index (κ3) is 6.25. The Morgan fingerprint density at radius 3 is 2.39 bits per heavy atom. The summed E-state index contributed by atoms with van der Waals surface area (Å²) >= 11 is 1.16. The van der Waals surface area contributed by atoms with Gasteiger partial charge in [-0.25, -0.2) is 4.39 Å². The van der Waals surface area contributed by atoms with Crippen LogP contribution in [0.5, 0.6) is 11.5 Å². The molecule has 3 aromatic carbocycles. The molecule has 7 nitrogen and oxygen atoms in total. The topological polar surface area (TPSA) is 78.3 Å². The Morgan fingerprint density at radius 1 is 0.974 bits per heavy atom. The zero-order valence-electron chi connectivity index (χ0n) is 20.3. The zero-order valence-corrected chi connectivity index (χ0v) is 21.1. The van der Waals surface area contributed by atoms with E-state index in [1.807, 2.05) is 0 Å². The van der Waals surface area contributed by atoms with Gasteiger partial charge in [0.1, 0.15) is 5.82 Å². The first-order valence-electron chi connectivity index (χ1n) is 11.2. The van der Waals surface area contributed by atoms with Crippen molar-refractivity contribution in [3.63, 3.8) is 0 Å². The average molecular weight is 547 g/mol. The molecule has 0 atom stereocenters. The van der Waals surface area contributed by atoms with Crippen molar-refractivity contribution in [2.75, 3.05) is 14.2 Å². The number of alkyl halides is 3. The largest absolute Gasteiger partial charge is 0.493 e. The highest BCUT2D eigenvalue weighted by atomic mass is 32.2. The predicted molar refractivity (Wildman–Crippen MR) is 133 cm³/mol. The second-order valence-corrected chi connectivity index (χ2v) is 8.89. The number of amides is 1. The highest BCUT2D eigenvalue weighted by Crippen LogP contribution is 2.32. The summed E-state index contributed by atoms with van der Waals surface area (Å²) in [6, 6.07) is 15.3. The number of thioether (sulfide) groups is 1. The van der Waals surface area contributed by atoms with Gasteiger partial charge in [-0.2, -0.15) is 13.2 Å². The molecular formula is C26H22F4N4O3S. The number of hydrogen-bond donors (Lipinski definition) is 1. The first-order chi connectivity index (χ1) is 18.2. The lowest BCUT2D eigenvalue weighted by Gasteiger charge is -2.12. The SMILES string of the molecule is COc1ccc(C(=O)NCc2nnc(SCc3cccc(C(F)(F)F)c3)n2-c2ccc(F)cc2)cc1OC. The number of hydrogen-bond acceptors (Lipinski definition) is 6. The minimum atomic E-state index is -4.45. The molecule has 0 saturated carbocycles. The minimum absolute atomic E-state index is 0.0261. The van der Waals surface area contributed by atoms with Crippen molar-refractivity contribution in [2.24, 2.45) is 0 Å². The summed E-state index contributed by atoms with van der Waals surface area (Å²) in [5.74, 6) is 0.546. The Balaban J connectivity index is 1.56. The lowest BCUT2D eigenvalue weighted by Crippen LogP contribution is -2.24. The fraction of sp³-hybridized carbons (Fsp3) is 0.192. The van der Waals surface area contributed by atoms with Crippen molar-refractivity contribution in [3.8, 4) is 17.2 Å². The Labute approximate surface area is 219 Å². The molecule has 12 heteroatoms. The van der Waals surface area contributed by atoms with Gasteiger partial charge in [0.25, 0.3) is 5.91 Å². The fourth-order valence-corrected chi connectivity index (χ4v) is 4.50. The number of halogens is 4. The van der Waals surface area contributed by atoms with Crippen LogP contribution < -0.4 is 14.8 Å². The predicted octanol–water partition coefficient (Wildman–Crippen LogP) is 5.66. The van der Waals surface area contributed by atoms with Crippen LogP contribution >= 0.6 is 11.8 Å². The summed E-state index contributed by atoms with van der Waals surface area (Å²) in [6.45, 7) is -0.0261. The summed E-state index contributed by atoms with van der Waals surface area (Å²) in [7, 11) is 2.95. The molecule has 0 aliphatic carbocycles. The summed E-state index contributed by atoms with van der Waals surface area (Å²) in [5.41, 5.74) is 0.559. The Kier molecular flexibility index (Phi) is 8.20. The molecule has 0 aliphatic heterocycles. The zero-order chi connectivity index (χ0) is 27.3. The van der Waals surface area contributed by atoms with E-state index in [4.69, 9.17) is 9.47 Å². The molecule has 4 aromatic rings. The van der Waals surface area contributed by atoms with E-state index in [0.29, 0.717) is 39.3 Å². The first kappa shape index (κ1) is 27.0. The first-order valence-corrected chi connectivity index (χ1v) is 12.2. The molecule has 1 aromatic heterocycles. The third-order valence-corrected chi connectivity index (χ3v) is 6.46. The van der Waals surface area contributed by atoms with Gasteiger partial charge in [0.2, 0.25) is 0 Å². The van der Waals surface area contributed by atoms with Crippen molar-refractivity contribution in [1.29, 1.82) is 0 Å². The molecule has 1 N–H and O–H groups in total. The number of rotatable bonds is 9. The van der Waals surface area contributed by atoms with Crippen LogP contribution in [0.4, 0.5) is 17.6 Å². The molecule has 4 rings (SSSR count). The van der Waals surface area contributed by atoms with Crippen LogP contribution in [0.25, 0.3) is 5.69 Å². The smallest absolute Gasteiger partial charge is 0.416 e. The van der Waals surface area contributed by atoms with Crippen LogP contribution in [-0.2, 0) is 18.5 Å². The molecule has 38 heavy (non-hydrogen) atoms. The maximum atomic E-state index is 13.6. The second-order valence-electron chi connectivity index (χ2n) is 7.95. The van der Waals surface area contributed by atoms with E-state index in [9.17, 15) is 22.4 Å². The molecule has 0 saturated heterocycles. The summed E-state index contributed by atoms with van der Waals surface area (Å²) in [4.78, 5) is 12.8. The van der Waals surface area contributed by atoms with Gasteiger partial charge in [-0.1, -0.05) is 30.0 Å². The van der Waals surface area contributed by atoms with Crippen LogP contribution in [0, 0.1) is 5.82 Å². The van der Waals surface area contributed by atoms with Crippen molar-refractivity contribution in [1.82, 2.24) is 20.1 Å². The van der Waals surface area contributed by atoms with E-state index in [0.717, 1.165) is 23.9 Å². The van der Waals surface area contributed by atoms with Gasteiger partial charge in [-0.05, 0) is 54.1 Å². The van der Waals surface area contributed by atoms with Crippen LogP contribution in [-0.4, -0.2) is 34.9 Å². The van der Waals surface area contributed by atoms with Crippen LogP contribution in [0.3, 0.4) is 0 Å². The Morgan fingerprint density at radius 2 is 1.71 bits per heavy atom. The fourth-order valence-electron chi connectivity index (χ4n) is 3.58. The molecule has 0 radical (unpaired) electrons. The van der Waals surface area contributed by atoms with Gasteiger partial charge >= 0.3 is 6.18 Å². The van der Waals surface area contributed by atoms with Gasteiger partial charge in [-0.3, -0.25) is 9.36 Å². The number of carbonyl (C=O) groups is 1. The molecule has 0 fully saturated rings. The number of carbonyl (C=O) groups excluding carboxylic acids is 1. The standard InChI is InChI=1S/C26H22F4N4O3S/c1-36-21-11-6-17(13-22(21)37-2)24(35)31-14-23-32-33-25(34(23)20-9-7-19(27)8-10-20)38-15-16-4-3-5-18(12-16)26(28,29)30/h3-13H,14-15H2,1-2H3,(H,31,35). The number of ether oxygens (including phenoxy) is 2. The van der Waals surface area contributed by atoms with Gasteiger partial charge in [0.15, 0.2) is 22.5 Å². The molecule has 0 spiro atoms. The number of aromatic nitrogens is 3. The highest BCUT2D eigenvalue weighted by Gasteiger charge is 2.30. The van der Waals surface area contributed by atoms with E-state index in [1.54, 1.807) is 22.8 Å². The summed E-state index contributed by atoms with van der Waals surface area (Å²) in [5, 5.41) is 11.5. The molecular weight excluding hydrogens is 524 g/mol. The molecule has 1 heterocycles. The average Bonchev–Trinajstić information content (AvgIpc) is 3.33. The second kappa shape index (κ2) is 11.5. The maximum Gasteiger partial charge on any atom is 0.416 e. The minimum Gasteiger partial charge on any atom is -0.493 e. The van der Waals surface area contributed by atoms with Gasteiger partial charge in [0, 0.05) is 17.0 Å². The molecule has 1 amide bonds. The van der Waals surface area contributed by atoms with Crippen molar-refractivity contribution in [3.05, 3.63) is 95.1 Å². The summed E-state index contributed by atoms with van der Waals surface area (Å²) < 4.78 is 64.9. The van der Waals surface area contributed by atoms with Gasteiger partial charge in [-0.15, -0.1) is 10.2 Å². The normalized spacial score (nSPS) is 11.3. The van der Waals surface area contributed by atoms with Crippen LogP contribution in [0.1, 0.15) is 27.3 Å².